The predicted octanol–water partition coefficient (Wildman–Crippen LogP) is 2.38. The van der Waals surface area contributed by atoms with E-state index in [0.29, 0.717) is 18.8 Å². The fourth-order valence-electron chi connectivity index (χ4n) is 6.32. The van der Waals surface area contributed by atoms with E-state index in [4.69, 9.17) is 28.7 Å². The molecular formula is C29H51NO9P+. The Labute approximate surface area is 238 Å². The van der Waals surface area contributed by atoms with Gasteiger partial charge in [0.1, 0.15) is 17.7 Å². The first-order valence-electron chi connectivity index (χ1n) is 14.0. The minimum Gasteiger partial charge on any atom is -0.504 e. The quantitative estimate of drug-likeness (QED) is 0.187. The maximum Gasteiger partial charge on any atom is 0.466 e. The largest absolute Gasteiger partial charge is 0.504 e. The number of phosphoric acid groups is 1. The number of rotatable bonds is 7. The molecule has 3 aliphatic rings. The van der Waals surface area contributed by atoms with Gasteiger partial charge in [0.05, 0.1) is 29.7 Å². The summed E-state index contributed by atoms with van der Waals surface area (Å²) in [5.41, 5.74) is 0.366. The molecule has 230 valence electrons. The summed E-state index contributed by atoms with van der Waals surface area (Å²) in [6.07, 6.45) is 6.18. The number of hydrogen-bond donors (Lipinski definition) is 7. The van der Waals surface area contributed by atoms with Gasteiger partial charge in [0.15, 0.2) is 11.5 Å². The fraction of sp³-hybridized carbons (Fsp3) is 0.724. The zero-order chi connectivity index (χ0) is 30.7. The van der Waals surface area contributed by atoms with Crippen LogP contribution >= 0.6 is 7.82 Å². The number of piperidine rings is 1. The first-order valence-corrected chi connectivity index (χ1v) is 15.6. The second-order valence-corrected chi connectivity index (χ2v) is 13.9. The van der Waals surface area contributed by atoms with Gasteiger partial charge in [-0.2, -0.15) is 0 Å². The summed E-state index contributed by atoms with van der Waals surface area (Å²) >= 11 is 0. The van der Waals surface area contributed by atoms with E-state index in [2.05, 4.69) is 13.5 Å². The third-order valence-corrected chi connectivity index (χ3v) is 8.02. The molecule has 1 aromatic carbocycles. The lowest BCUT2D eigenvalue weighted by Gasteiger charge is -2.57. The summed E-state index contributed by atoms with van der Waals surface area (Å²) in [6, 6.07) is 3.91. The van der Waals surface area contributed by atoms with Crippen LogP contribution in [0, 0.1) is 0 Å². The molecule has 2 aliphatic heterocycles. The third kappa shape index (κ3) is 8.29. The van der Waals surface area contributed by atoms with Crippen molar-refractivity contribution < 1.29 is 48.9 Å². The van der Waals surface area contributed by atoms with Gasteiger partial charge in [-0.1, -0.05) is 26.0 Å². The molecule has 0 aromatic heterocycles. The summed E-state index contributed by atoms with van der Waals surface area (Å²) in [5, 5.41) is 31.4. The maximum absolute atomic E-state index is 11.8. The first kappa shape index (κ1) is 34.7. The molecule has 4 rings (SSSR count). The van der Waals surface area contributed by atoms with Crippen LogP contribution in [0.4, 0.5) is 0 Å². The predicted molar refractivity (Wildman–Crippen MR) is 154 cm³/mol. The lowest BCUT2D eigenvalue weighted by Crippen LogP contribution is -3.21. The SMILES string of the molecule is C=CC[NH+]1CCC23c4c(ccc(O)c4O[C@H]2CCC)CC1C3(C)O.CC(C)(O)CCOC(C)(C)C.O=P(O)(O)O. The molecule has 0 amide bonds. The van der Waals surface area contributed by atoms with Crippen LogP contribution in [0.2, 0.25) is 0 Å². The van der Waals surface area contributed by atoms with E-state index in [0.717, 1.165) is 44.3 Å². The molecular weight excluding hydrogens is 537 g/mol. The van der Waals surface area contributed by atoms with Gasteiger partial charge < -0.3 is 44.4 Å². The minimum atomic E-state index is -4.64. The number of nitrogens with one attached hydrogen (secondary N) is 1. The van der Waals surface area contributed by atoms with Crippen LogP contribution in [0.5, 0.6) is 11.5 Å². The molecule has 2 heterocycles. The number of quaternary nitrogens is 1. The molecule has 1 saturated heterocycles. The van der Waals surface area contributed by atoms with Crippen molar-refractivity contribution in [3.8, 4) is 11.5 Å². The Morgan fingerprint density at radius 1 is 1.23 bits per heavy atom. The lowest BCUT2D eigenvalue weighted by atomic mass is 9.53. The molecule has 1 fully saturated rings. The summed E-state index contributed by atoms with van der Waals surface area (Å²) in [5.74, 6) is 0.832. The van der Waals surface area contributed by atoms with Crippen molar-refractivity contribution in [3.05, 3.63) is 35.9 Å². The topological polar surface area (TPSA) is 161 Å². The zero-order valence-electron chi connectivity index (χ0n) is 25.1. The van der Waals surface area contributed by atoms with Gasteiger partial charge in [0.2, 0.25) is 0 Å². The highest BCUT2D eigenvalue weighted by atomic mass is 31.2. The Morgan fingerprint density at radius 3 is 2.33 bits per heavy atom. The molecule has 1 aromatic rings. The molecule has 1 aliphatic carbocycles. The van der Waals surface area contributed by atoms with Gasteiger partial charge >= 0.3 is 7.82 Å². The van der Waals surface area contributed by atoms with E-state index >= 15 is 0 Å². The van der Waals surface area contributed by atoms with E-state index in [-0.39, 0.29) is 23.5 Å². The van der Waals surface area contributed by atoms with Crippen LogP contribution in [0.3, 0.4) is 0 Å². The fourth-order valence-corrected chi connectivity index (χ4v) is 6.32. The molecule has 4 unspecified atom stereocenters. The van der Waals surface area contributed by atoms with Crippen molar-refractivity contribution in [1.29, 1.82) is 0 Å². The zero-order valence-corrected chi connectivity index (χ0v) is 26.0. The molecule has 7 N–H and O–H groups in total. The number of aromatic hydroxyl groups is 1. The van der Waals surface area contributed by atoms with Crippen molar-refractivity contribution >= 4 is 7.82 Å². The average Bonchev–Trinajstić information content (AvgIpc) is 3.08. The van der Waals surface area contributed by atoms with Gasteiger partial charge in [0, 0.05) is 25.0 Å². The summed E-state index contributed by atoms with van der Waals surface area (Å²) < 4.78 is 20.6. The molecule has 2 bridgehead atoms. The number of phenols is 1. The van der Waals surface area contributed by atoms with Gasteiger partial charge in [0.25, 0.3) is 0 Å². The highest BCUT2D eigenvalue weighted by Crippen LogP contribution is 2.60. The van der Waals surface area contributed by atoms with Crippen LogP contribution in [-0.4, -0.2) is 78.6 Å². The number of benzene rings is 1. The molecule has 10 nitrogen and oxygen atoms in total. The Morgan fingerprint density at radius 2 is 1.82 bits per heavy atom. The number of phenolic OH excluding ortho intramolecular Hbond substituents is 1. The Bertz CT molecular complexity index is 1030. The van der Waals surface area contributed by atoms with E-state index in [9.17, 15) is 15.3 Å². The van der Waals surface area contributed by atoms with Gasteiger partial charge in [-0.25, -0.2) is 4.57 Å². The van der Waals surface area contributed by atoms with Crippen molar-refractivity contribution in [2.45, 2.75) is 115 Å². The highest BCUT2D eigenvalue weighted by molar-refractivity contribution is 7.45. The molecule has 0 radical (unpaired) electrons. The summed E-state index contributed by atoms with van der Waals surface area (Å²) in [4.78, 5) is 23.0. The van der Waals surface area contributed by atoms with Crippen LogP contribution < -0.4 is 9.64 Å². The normalized spacial score (nSPS) is 28.8. The van der Waals surface area contributed by atoms with Crippen LogP contribution in [-0.2, 0) is 21.1 Å². The van der Waals surface area contributed by atoms with Crippen molar-refractivity contribution in [3.63, 3.8) is 0 Å². The molecule has 1 spiro atoms. The van der Waals surface area contributed by atoms with Crippen LogP contribution in [0.15, 0.2) is 24.8 Å². The standard InChI is InChI=1S/C20H27NO3.C9H20O2.H3O4P/c1-4-6-16-20-9-11-21(10-5-2)15(19(20,3)23)12-13-7-8-14(22)18(24-16)17(13)20;1-8(2,3)11-7-6-9(4,5)10;1-5(2,3)4/h5,7-8,15-16,22-23H,2,4,6,9-12H2,1,3H3;10H,6-7H2,1-5H3;(H3,1,2,3,4)/p+1/t15?,16-,19?,20?;;/m0../s1. The number of hydrogen-bond acceptors (Lipinski definition) is 6. The van der Waals surface area contributed by atoms with Crippen molar-refractivity contribution in [1.82, 2.24) is 0 Å². The lowest BCUT2D eigenvalue weighted by molar-refractivity contribution is -0.936. The second kappa shape index (κ2) is 12.8. The number of aliphatic hydroxyl groups is 2. The molecule has 0 saturated carbocycles. The van der Waals surface area contributed by atoms with Crippen molar-refractivity contribution in [2.75, 3.05) is 19.7 Å². The van der Waals surface area contributed by atoms with E-state index < -0.39 is 24.4 Å². The average molecular weight is 589 g/mol. The van der Waals surface area contributed by atoms with Gasteiger partial charge in [-0.3, -0.25) is 0 Å². The minimum absolute atomic E-state index is 0.0624. The maximum atomic E-state index is 11.8. The van der Waals surface area contributed by atoms with E-state index in [1.54, 1.807) is 19.9 Å². The third-order valence-electron chi connectivity index (χ3n) is 8.02. The Balaban J connectivity index is 0.000000293. The van der Waals surface area contributed by atoms with Crippen LogP contribution in [0.25, 0.3) is 0 Å². The summed E-state index contributed by atoms with van der Waals surface area (Å²) in [7, 11) is -4.64. The van der Waals surface area contributed by atoms with E-state index in [1.165, 1.54) is 10.5 Å². The Hall–Kier alpha value is -1.49. The number of likely N-dealkylation sites (tertiary alicyclic amines) is 1. The van der Waals surface area contributed by atoms with Gasteiger partial charge in [-0.05, 0) is 72.1 Å². The second-order valence-electron chi connectivity index (χ2n) is 12.9. The van der Waals surface area contributed by atoms with Gasteiger partial charge in [-0.15, -0.1) is 0 Å². The summed E-state index contributed by atoms with van der Waals surface area (Å²) in [6.45, 7) is 20.1. The van der Waals surface area contributed by atoms with Crippen LogP contribution in [0.1, 0.15) is 85.3 Å². The monoisotopic (exact) mass is 588 g/mol. The molecule has 11 heteroatoms. The highest BCUT2D eigenvalue weighted by Gasteiger charge is 2.69. The first-order chi connectivity index (χ1) is 18.2. The smallest absolute Gasteiger partial charge is 0.466 e. The number of fused-ring (bicyclic) bond motifs is 1. The van der Waals surface area contributed by atoms with Crippen molar-refractivity contribution in [2.24, 2.45) is 0 Å². The molecule has 5 atom stereocenters. The number of ether oxygens (including phenoxy) is 2. The molecule has 40 heavy (non-hydrogen) atoms. The van der Waals surface area contributed by atoms with E-state index in [1.807, 2.05) is 39.8 Å². The Kier molecular flexibility index (Phi) is 11.1.